The van der Waals surface area contributed by atoms with Gasteiger partial charge in [-0.3, -0.25) is 4.79 Å². The molecule has 3 aliphatic carbocycles. The number of phenols is 2. The highest BCUT2D eigenvalue weighted by molar-refractivity contribution is 6.14. The van der Waals surface area contributed by atoms with Crippen LogP contribution in [-0.2, 0) is 0 Å². The maximum atomic E-state index is 12.6. The third-order valence-electron chi connectivity index (χ3n) is 5.65. The summed E-state index contributed by atoms with van der Waals surface area (Å²) in [4.78, 5) is 12.6. The molecule has 3 aliphatic rings. The number of aromatic hydroxyl groups is 2. The van der Waals surface area contributed by atoms with Crippen molar-refractivity contribution in [3.8, 4) is 11.5 Å². The van der Waals surface area contributed by atoms with Crippen LogP contribution in [0.4, 0.5) is 0 Å². The number of allylic oxidation sites excluding steroid dienone is 1. The van der Waals surface area contributed by atoms with Gasteiger partial charge in [0.05, 0.1) is 17.8 Å². The van der Waals surface area contributed by atoms with E-state index in [2.05, 4.69) is 0 Å². The molecule has 0 amide bonds. The molecule has 0 aromatic heterocycles. The summed E-state index contributed by atoms with van der Waals surface area (Å²) in [6.45, 7) is 0. The molecule has 0 aliphatic heterocycles. The van der Waals surface area contributed by atoms with E-state index in [1.807, 2.05) is 0 Å². The monoisotopic (exact) mass is 336 g/mol. The molecule has 0 fully saturated rings. The van der Waals surface area contributed by atoms with Gasteiger partial charge in [-0.05, 0) is 40.0 Å². The molecule has 0 bridgehead atoms. The van der Waals surface area contributed by atoms with Crippen LogP contribution < -0.4 is 0 Å². The standard InChI is InChI=1S/C20H16O5/c21-11-3-1-2-9-16-10(6-13(23)17(9)11)8-4-5-12(22)19-14(24)7-15(25)20(16)18(8)19/h1-5,10,14-15,21-22,24-25H,6-7H2/t10-,14+,15-/m1/s1. The summed E-state index contributed by atoms with van der Waals surface area (Å²) in [5, 5.41) is 41.4. The lowest BCUT2D eigenvalue weighted by atomic mass is 9.77. The Morgan fingerprint density at radius 3 is 2.48 bits per heavy atom. The van der Waals surface area contributed by atoms with E-state index in [1.165, 1.54) is 12.1 Å². The van der Waals surface area contributed by atoms with Gasteiger partial charge in [-0.15, -0.1) is 0 Å². The van der Waals surface area contributed by atoms with Gasteiger partial charge in [-0.2, -0.15) is 0 Å². The largest absolute Gasteiger partial charge is 0.508 e. The minimum Gasteiger partial charge on any atom is -0.508 e. The topological polar surface area (TPSA) is 98.0 Å². The van der Waals surface area contributed by atoms with E-state index in [0.29, 0.717) is 22.3 Å². The zero-order valence-corrected chi connectivity index (χ0v) is 13.2. The number of phenolic OH excluding ortho intramolecular Hbond substituents is 2. The second kappa shape index (κ2) is 4.71. The number of carbonyl (C=O) groups is 1. The van der Waals surface area contributed by atoms with Gasteiger partial charge >= 0.3 is 0 Å². The van der Waals surface area contributed by atoms with E-state index < -0.39 is 12.2 Å². The van der Waals surface area contributed by atoms with Gasteiger partial charge in [0.25, 0.3) is 0 Å². The van der Waals surface area contributed by atoms with E-state index in [-0.39, 0.29) is 41.6 Å². The first kappa shape index (κ1) is 14.7. The highest BCUT2D eigenvalue weighted by Crippen LogP contribution is 2.59. The first-order valence-corrected chi connectivity index (χ1v) is 8.31. The van der Waals surface area contributed by atoms with Gasteiger partial charge in [0.1, 0.15) is 11.5 Å². The van der Waals surface area contributed by atoms with Gasteiger partial charge in [0.15, 0.2) is 5.78 Å². The summed E-state index contributed by atoms with van der Waals surface area (Å²) >= 11 is 0. The minimum atomic E-state index is -0.950. The van der Waals surface area contributed by atoms with Gasteiger partial charge in [0, 0.05) is 24.3 Å². The number of rotatable bonds is 0. The first-order valence-electron chi connectivity index (χ1n) is 8.31. The molecule has 5 rings (SSSR count). The summed E-state index contributed by atoms with van der Waals surface area (Å²) < 4.78 is 0. The molecule has 0 radical (unpaired) electrons. The van der Waals surface area contributed by atoms with Crippen molar-refractivity contribution in [3.05, 3.63) is 58.1 Å². The number of aliphatic hydroxyl groups excluding tert-OH is 2. The Labute approximate surface area is 143 Å². The Morgan fingerprint density at radius 1 is 0.880 bits per heavy atom. The number of aliphatic hydroxyl groups is 2. The van der Waals surface area contributed by atoms with E-state index in [1.54, 1.807) is 18.2 Å². The lowest BCUT2D eigenvalue weighted by molar-refractivity contribution is 0.0970. The Hall–Kier alpha value is -2.63. The molecule has 2 aromatic carbocycles. The Bertz CT molecular complexity index is 988. The molecule has 25 heavy (non-hydrogen) atoms. The number of ketones is 1. The molecule has 0 saturated heterocycles. The Morgan fingerprint density at radius 2 is 1.68 bits per heavy atom. The third kappa shape index (κ3) is 1.72. The van der Waals surface area contributed by atoms with Crippen LogP contribution in [0.5, 0.6) is 11.5 Å². The molecule has 0 unspecified atom stereocenters. The zero-order valence-electron chi connectivity index (χ0n) is 13.2. The summed E-state index contributed by atoms with van der Waals surface area (Å²) in [5.74, 6) is -0.431. The second-order valence-electron chi connectivity index (χ2n) is 6.94. The predicted octanol–water partition coefficient (Wildman–Crippen LogP) is 2.49. The fraction of sp³-hybridized carbons (Fsp3) is 0.250. The molecule has 0 spiro atoms. The van der Waals surface area contributed by atoms with Crippen LogP contribution >= 0.6 is 0 Å². The number of Topliss-reactive ketones (excluding diaryl/α,β-unsaturated/α-hetero) is 1. The Balaban J connectivity index is 1.90. The fourth-order valence-corrected chi connectivity index (χ4v) is 4.71. The van der Waals surface area contributed by atoms with Crippen LogP contribution in [-0.4, -0.2) is 32.3 Å². The molecule has 126 valence electrons. The Kier molecular flexibility index (Phi) is 2.77. The second-order valence-corrected chi connectivity index (χ2v) is 6.94. The first-order chi connectivity index (χ1) is 12.0. The fourth-order valence-electron chi connectivity index (χ4n) is 4.71. The summed E-state index contributed by atoms with van der Waals surface area (Å²) in [5.41, 5.74) is 4.34. The molecule has 4 N–H and O–H groups in total. The highest BCUT2D eigenvalue weighted by atomic mass is 16.3. The van der Waals surface area contributed by atoms with Gasteiger partial charge in [0.2, 0.25) is 0 Å². The van der Waals surface area contributed by atoms with Crippen LogP contribution in [0.3, 0.4) is 0 Å². The lowest BCUT2D eigenvalue weighted by Gasteiger charge is -2.29. The summed E-state index contributed by atoms with van der Waals surface area (Å²) in [7, 11) is 0. The number of benzene rings is 2. The molecular weight excluding hydrogens is 320 g/mol. The molecule has 5 nitrogen and oxygen atoms in total. The van der Waals surface area contributed by atoms with Crippen molar-refractivity contribution in [2.45, 2.75) is 31.0 Å². The molecule has 0 saturated carbocycles. The third-order valence-corrected chi connectivity index (χ3v) is 5.65. The number of fused-ring (bicyclic) bond motifs is 4. The van der Waals surface area contributed by atoms with Crippen molar-refractivity contribution in [1.82, 2.24) is 0 Å². The average Bonchev–Trinajstić information content (AvgIpc) is 2.88. The van der Waals surface area contributed by atoms with Crippen LogP contribution in [0.2, 0.25) is 0 Å². The maximum absolute atomic E-state index is 12.6. The minimum absolute atomic E-state index is 0.00245. The van der Waals surface area contributed by atoms with Crippen LogP contribution in [0.1, 0.15) is 57.5 Å². The number of hydrogen-bond acceptors (Lipinski definition) is 5. The van der Waals surface area contributed by atoms with Crippen molar-refractivity contribution in [2.75, 3.05) is 0 Å². The van der Waals surface area contributed by atoms with Crippen LogP contribution in [0, 0.1) is 0 Å². The van der Waals surface area contributed by atoms with E-state index in [9.17, 15) is 25.2 Å². The highest BCUT2D eigenvalue weighted by Gasteiger charge is 2.46. The van der Waals surface area contributed by atoms with Crippen molar-refractivity contribution < 1.29 is 25.2 Å². The summed E-state index contributed by atoms with van der Waals surface area (Å²) in [6, 6.07) is 8.26. The zero-order chi connectivity index (χ0) is 17.5. The van der Waals surface area contributed by atoms with Gasteiger partial charge in [-0.25, -0.2) is 0 Å². The van der Waals surface area contributed by atoms with Crippen LogP contribution in [0.15, 0.2) is 30.3 Å². The summed E-state index contributed by atoms with van der Waals surface area (Å²) in [6.07, 6.45) is -1.54. The van der Waals surface area contributed by atoms with E-state index in [4.69, 9.17) is 0 Å². The van der Waals surface area contributed by atoms with E-state index in [0.717, 1.165) is 11.1 Å². The lowest BCUT2D eigenvalue weighted by Crippen LogP contribution is -2.22. The maximum Gasteiger partial charge on any atom is 0.168 e. The molecule has 0 heterocycles. The molecule has 2 aromatic rings. The SMILES string of the molecule is O=C1C[C@H]2C(=C3c4c2ccc(O)c4[C@@H](O)C[C@H]3O)c2cccc(O)c21. The van der Waals surface area contributed by atoms with E-state index >= 15 is 0 Å². The average molecular weight is 336 g/mol. The quantitative estimate of drug-likeness (QED) is 0.592. The van der Waals surface area contributed by atoms with Gasteiger partial charge in [-0.1, -0.05) is 18.2 Å². The molecular formula is C20H16O5. The van der Waals surface area contributed by atoms with Gasteiger partial charge < -0.3 is 20.4 Å². The van der Waals surface area contributed by atoms with Crippen LogP contribution in [0.25, 0.3) is 11.1 Å². The number of carbonyl (C=O) groups excluding carboxylic acids is 1. The predicted molar refractivity (Wildman–Crippen MR) is 90.3 cm³/mol. The van der Waals surface area contributed by atoms with Crippen molar-refractivity contribution in [2.24, 2.45) is 0 Å². The van der Waals surface area contributed by atoms with Crippen molar-refractivity contribution >= 4 is 16.9 Å². The molecule has 5 heteroatoms. The van der Waals surface area contributed by atoms with Crippen molar-refractivity contribution in [1.29, 1.82) is 0 Å². The molecule has 3 atom stereocenters. The van der Waals surface area contributed by atoms with Crippen molar-refractivity contribution in [3.63, 3.8) is 0 Å². The normalized spacial score (nSPS) is 26.3. The smallest absolute Gasteiger partial charge is 0.168 e. The number of hydrogen-bond donors (Lipinski definition) is 4.